The lowest BCUT2D eigenvalue weighted by Gasteiger charge is -2.29. The van der Waals surface area contributed by atoms with Gasteiger partial charge < -0.3 is 15.6 Å². The molecule has 0 amide bonds. The van der Waals surface area contributed by atoms with Crippen molar-refractivity contribution in [1.29, 1.82) is 0 Å². The highest BCUT2D eigenvalue weighted by atomic mass is 16.7. The number of unbranched alkanes of at least 4 members (excludes halogenated alkanes) is 3. The minimum Gasteiger partial charge on any atom is -0.434 e. The van der Waals surface area contributed by atoms with Gasteiger partial charge in [-0.1, -0.05) is 40.0 Å². The molecule has 0 aliphatic rings. The molecule has 0 aliphatic heterocycles. The molecule has 0 saturated carbocycles. The Morgan fingerprint density at radius 2 is 1.42 bits per heavy atom. The second-order valence-electron chi connectivity index (χ2n) is 5.21. The van der Waals surface area contributed by atoms with Gasteiger partial charge in [-0.2, -0.15) is 0 Å². The number of rotatable bonds is 10. The number of carbonyl (C=O) groups excluding carboxylic acids is 1. The summed E-state index contributed by atoms with van der Waals surface area (Å²) in [7, 11) is 0. The van der Waals surface area contributed by atoms with E-state index in [1.54, 1.807) is 0 Å². The van der Waals surface area contributed by atoms with Gasteiger partial charge in [0.15, 0.2) is 0 Å². The van der Waals surface area contributed by atoms with Crippen LogP contribution in [0.1, 0.15) is 79.1 Å². The Bertz CT molecular complexity index is 211. The first-order chi connectivity index (χ1) is 8.58. The SMILES string of the molecule is CCCCOC(=O)OC(C)(CCCC)CCCC.N. The van der Waals surface area contributed by atoms with Crippen molar-refractivity contribution in [2.45, 2.75) is 84.7 Å². The van der Waals surface area contributed by atoms with Crippen molar-refractivity contribution in [3.05, 3.63) is 0 Å². The Morgan fingerprint density at radius 1 is 0.947 bits per heavy atom. The van der Waals surface area contributed by atoms with E-state index < -0.39 is 6.16 Å². The van der Waals surface area contributed by atoms with Crippen LogP contribution in [0.5, 0.6) is 0 Å². The zero-order chi connectivity index (χ0) is 13.9. The van der Waals surface area contributed by atoms with Gasteiger partial charge in [0.25, 0.3) is 0 Å². The van der Waals surface area contributed by atoms with Crippen molar-refractivity contribution < 1.29 is 14.3 Å². The van der Waals surface area contributed by atoms with E-state index in [2.05, 4.69) is 20.8 Å². The molecule has 116 valence electrons. The van der Waals surface area contributed by atoms with Crippen LogP contribution in [-0.2, 0) is 9.47 Å². The van der Waals surface area contributed by atoms with E-state index in [4.69, 9.17) is 9.47 Å². The predicted octanol–water partition coefficient (Wildman–Crippen LogP) is 5.24. The number of hydrogen-bond acceptors (Lipinski definition) is 4. The molecule has 0 aromatic carbocycles. The molecule has 0 aromatic heterocycles. The summed E-state index contributed by atoms with van der Waals surface area (Å²) in [6.45, 7) is 8.87. The lowest BCUT2D eigenvalue weighted by atomic mass is 9.93. The number of hydrogen-bond donors (Lipinski definition) is 1. The third-order valence-corrected chi connectivity index (χ3v) is 3.17. The standard InChI is InChI=1S/C15H30O3.H3N/c1-5-8-11-15(4,12-9-6-2)18-14(16)17-13-10-7-3;/h5-13H2,1-4H3;1H3. The maximum Gasteiger partial charge on any atom is 0.508 e. The fourth-order valence-corrected chi connectivity index (χ4v) is 1.86. The fraction of sp³-hybridized carbons (Fsp3) is 0.933. The Kier molecular flexibility index (Phi) is 13.3. The molecule has 0 atom stereocenters. The van der Waals surface area contributed by atoms with E-state index in [1.807, 2.05) is 6.92 Å². The highest BCUT2D eigenvalue weighted by Crippen LogP contribution is 2.26. The molecule has 0 spiro atoms. The Hall–Kier alpha value is -0.770. The highest BCUT2D eigenvalue weighted by Gasteiger charge is 2.28. The minimum atomic E-state index is -0.502. The van der Waals surface area contributed by atoms with Crippen molar-refractivity contribution in [3.8, 4) is 0 Å². The van der Waals surface area contributed by atoms with Gasteiger partial charge in [-0.05, 0) is 39.0 Å². The molecule has 19 heavy (non-hydrogen) atoms. The second kappa shape index (κ2) is 12.3. The molecule has 4 heteroatoms. The second-order valence-corrected chi connectivity index (χ2v) is 5.21. The quantitative estimate of drug-likeness (QED) is 0.437. The summed E-state index contributed by atoms with van der Waals surface area (Å²) in [6, 6.07) is 0. The molecule has 0 unspecified atom stereocenters. The lowest BCUT2D eigenvalue weighted by Crippen LogP contribution is -2.32. The fourth-order valence-electron chi connectivity index (χ4n) is 1.86. The van der Waals surface area contributed by atoms with Crippen LogP contribution in [0.2, 0.25) is 0 Å². The van der Waals surface area contributed by atoms with Crippen LogP contribution >= 0.6 is 0 Å². The van der Waals surface area contributed by atoms with Crippen molar-refractivity contribution in [2.24, 2.45) is 0 Å². The smallest absolute Gasteiger partial charge is 0.434 e. The first-order valence-corrected chi connectivity index (χ1v) is 7.43. The average molecular weight is 275 g/mol. The Balaban J connectivity index is 0. The molecular formula is C15H33NO3. The molecular weight excluding hydrogens is 242 g/mol. The van der Waals surface area contributed by atoms with E-state index >= 15 is 0 Å². The number of carbonyl (C=O) groups is 1. The van der Waals surface area contributed by atoms with E-state index in [0.717, 1.165) is 51.4 Å². The third-order valence-electron chi connectivity index (χ3n) is 3.17. The summed E-state index contributed by atoms with van der Waals surface area (Å²) in [5.74, 6) is 0. The summed E-state index contributed by atoms with van der Waals surface area (Å²) in [5.41, 5.74) is -0.352. The van der Waals surface area contributed by atoms with E-state index in [1.165, 1.54) is 0 Å². The Labute approximate surface area is 118 Å². The van der Waals surface area contributed by atoms with E-state index in [9.17, 15) is 4.79 Å². The zero-order valence-electron chi connectivity index (χ0n) is 13.3. The van der Waals surface area contributed by atoms with Gasteiger partial charge in [0.1, 0.15) is 5.60 Å². The monoisotopic (exact) mass is 275 g/mol. The van der Waals surface area contributed by atoms with Crippen LogP contribution in [-0.4, -0.2) is 18.4 Å². The molecule has 0 saturated heterocycles. The Morgan fingerprint density at radius 3 is 1.84 bits per heavy atom. The molecule has 0 bridgehead atoms. The van der Waals surface area contributed by atoms with Gasteiger partial charge in [0.2, 0.25) is 0 Å². The van der Waals surface area contributed by atoms with Crippen LogP contribution in [0.25, 0.3) is 0 Å². The van der Waals surface area contributed by atoms with Gasteiger partial charge in [-0.25, -0.2) is 4.79 Å². The molecule has 4 nitrogen and oxygen atoms in total. The van der Waals surface area contributed by atoms with Gasteiger partial charge in [0.05, 0.1) is 6.61 Å². The molecule has 0 aromatic rings. The summed E-state index contributed by atoms with van der Waals surface area (Å²) in [6.07, 6.45) is 7.68. The van der Waals surface area contributed by atoms with E-state index in [-0.39, 0.29) is 11.8 Å². The maximum atomic E-state index is 11.6. The third kappa shape index (κ3) is 10.8. The number of ether oxygens (including phenoxy) is 2. The predicted molar refractivity (Wildman–Crippen MR) is 79.8 cm³/mol. The van der Waals surface area contributed by atoms with Gasteiger partial charge >= 0.3 is 6.16 Å². The zero-order valence-corrected chi connectivity index (χ0v) is 13.3. The molecule has 0 heterocycles. The molecule has 0 aliphatic carbocycles. The van der Waals surface area contributed by atoms with Gasteiger partial charge in [-0.3, -0.25) is 0 Å². The van der Waals surface area contributed by atoms with Gasteiger partial charge in [-0.15, -0.1) is 0 Å². The van der Waals surface area contributed by atoms with Crippen LogP contribution in [0, 0.1) is 0 Å². The first-order valence-electron chi connectivity index (χ1n) is 7.43. The summed E-state index contributed by atoms with van der Waals surface area (Å²) >= 11 is 0. The average Bonchev–Trinajstić information content (AvgIpc) is 2.34. The van der Waals surface area contributed by atoms with E-state index in [0.29, 0.717) is 6.61 Å². The summed E-state index contributed by atoms with van der Waals surface area (Å²) in [5, 5.41) is 0. The molecule has 0 rings (SSSR count). The lowest BCUT2D eigenvalue weighted by molar-refractivity contribution is -0.0367. The molecule has 0 fully saturated rings. The van der Waals surface area contributed by atoms with Crippen molar-refractivity contribution in [3.63, 3.8) is 0 Å². The topological polar surface area (TPSA) is 70.5 Å². The van der Waals surface area contributed by atoms with Crippen LogP contribution < -0.4 is 6.15 Å². The normalized spacial score (nSPS) is 10.7. The van der Waals surface area contributed by atoms with Crippen molar-refractivity contribution in [1.82, 2.24) is 6.15 Å². The largest absolute Gasteiger partial charge is 0.508 e. The maximum absolute atomic E-state index is 11.6. The molecule has 0 radical (unpaired) electrons. The van der Waals surface area contributed by atoms with Crippen LogP contribution in [0.3, 0.4) is 0 Å². The van der Waals surface area contributed by atoms with Crippen LogP contribution in [0.15, 0.2) is 0 Å². The van der Waals surface area contributed by atoms with Crippen molar-refractivity contribution in [2.75, 3.05) is 6.61 Å². The molecule has 3 N–H and O–H groups in total. The minimum absolute atomic E-state index is 0. The van der Waals surface area contributed by atoms with Gasteiger partial charge in [0, 0.05) is 0 Å². The summed E-state index contributed by atoms with van der Waals surface area (Å²) in [4.78, 5) is 11.6. The van der Waals surface area contributed by atoms with Crippen molar-refractivity contribution >= 4 is 6.16 Å². The highest BCUT2D eigenvalue weighted by molar-refractivity contribution is 5.60. The summed E-state index contributed by atoms with van der Waals surface area (Å²) < 4.78 is 10.6. The first kappa shape index (κ1) is 20.5. The van der Waals surface area contributed by atoms with Crippen LogP contribution in [0.4, 0.5) is 4.79 Å².